The van der Waals surface area contributed by atoms with Gasteiger partial charge >= 0.3 is 5.97 Å². The minimum absolute atomic E-state index is 0.106. The minimum Gasteiger partial charge on any atom is -0.480 e. The fourth-order valence-electron chi connectivity index (χ4n) is 3.26. The predicted molar refractivity (Wildman–Crippen MR) is 94.8 cm³/mol. The number of hydrogen-bond acceptors (Lipinski definition) is 2. The Hall–Kier alpha value is -1.36. The highest BCUT2D eigenvalue weighted by Gasteiger charge is 2.36. The van der Waals surface area contributed by atoms with Crippen molar-refractivity contribution in [3.05, 3.63) is 69.2 Å². The smallest absolute Gasteiger partial charge is 0.320 e. The van der Waals surface area contributed by atoms with Gasteiger partial charge in [0.1, 0.15) is 6.04 Å². The predicted octanol–water partition coefficient (Wildman–Crippen LogP) is 4.74. The summed E-state index contributed by atoms with van der Waals surface area (Å²) >= 11 is 9.62. The molecule has 1 aliphatic rings. The molecule has 1 heterocycles. The van der Waals surface area contributed by atoms with Crippen LogP contribution in [0.25, 0.3) is 0 Å². The molecule has 0 amide bonds. The molecule has 0 radical (unpaired) electrons. The molecule has 120 valence electrons. The zero-order valence-electron chi connectivity index (χ0n) is 12.5. The number of nitrogens with zero attached hydrogens (tertiary/aromatic N) is 1. The van der Waals surface area contributed by atoms with Crippen molar-refractivity contribution in [3.8, 4) is 0 Å². The fraction of sp³-hybridized carbons (Fsp3) is 0.278. The molecular weight excluding hydrogens is 378 g/mol. The van der Waals surface area contributed by atoms with Gasteiger partial charge in [-0.25, -0.2) is 0 Å². The van der Waals surface area contributed by atoms with E-state index in [1.807, 2.05) is 48.5 Å². The van der Waals surface area contributed by atoms with Gasteiger partial charge in [0.2, 0.25) is 0 Å². The number of benzene rings is 2. The van der Waals surface area contributed by atoms with E-state index in [-0.39, 0.29) is 6.04 Å². The summed E-state index contributed by atoms with van der Waals surface area (Å²) < 4.78 is 1.00. The molecular formula is C18H17BrClNO2. The van der Waals surface area contributed by atoms with Gasteiger partial charge in [-0.15, -0.1) is 0 Å². The maximum absolute atomic E-state index is 11.6. The van der Waals surface area contributed by atoms with Crippen molar-refractivity contribution < 1.29 is 9.90 Å². The average molecular weight is 395 g/mol. The molecule has 1 fully saturated rings. The van der Waals surface area contributed by atoms with Crippen LogP contribution in [0, 0.1) is 0 Å². The molecule has 3 rings (SSSR count). The Morgan fingerprint density at radius 2 is 1.96 bits per heavy atom. The molecule has 2 aromatic carbocycles. The first kappa shape index (κ1) is 16.5. The van der Waals surface area contributed by atoms with Gasteiger partial charge in [0.05, 0.1) is 6.04 Å². The molecule has 23 heavy (non-hydrogen) atoms. The number of carbonyl (C=O) groups is 1. The Morgan fingerprint density at radius 1 is 1.22 bits per heavy atom. The van der Waals surface area contributed by atoms with E-state index >= 15 is 0 Å². The van der Waals surface area contributed by atoms with Crippen LogP contribution in [-0.4, -0.2) is 28.6 Å². The van der Waals surface area contributed by atoms with E-state index in [1.54, 1.807) is 0 Å². The molecule has 0 aromatic heterocycles. The van der Waals surface area contributed by atoms with Crippen molar-refractivity contribution in [2.75, 3.05) is 6.54 Å². The second kappa shape index (κ2) is 7.04. The summed E-state index contributed by atoms with van der Waals surface area (Å²) in [6, 6.07) is 15.2. The van der Waals surface area contributed by atoms with Crippen LogP contribution in [0.1, 0.15) is 30.0 Å². The fourth-order valence-corrected chi connectivity index (χ4v) is 3.72. The van der Waals surface area contributed by atoms with Gasteiger partial charge in [0.15, 0.2) is 0 Å². The Balaban J connectivity index is 2.06. The molecule has 1 saturated heterocycles. The van der Waals surface area contributed by atoms with E-state index in [0.29, 0.717) is 11.4 Å². The van der Waals surface area contributed by atoms with E-state index in [4.69, 9.17) is 11.6 Å². The topological polar surface area (TPSA) is 40.5 Å². The number of halogens is 2. The van der Waals surface area contributed by atoms with E-state index in [0.717, 1.165) is 28.6 Å². The Bertz CT molecular complexity index is 704. The van der Waals surface area contributed by atoms with Gasteiger partial charge in [-0.3, -0.25) is 9.69 Å². The lowest BCUT2D eigenvalue weighted by molar-refractivity contribution is -0.142. The largest absolute Gasteiger partial charge is 0.480 e. The maximum atomic E-state index is 11.6. The summed E-state index contributed by atoms with van der Waals surface area (Å²) in [5.74, 6) is -0.758. The lowest BCUT2D eigenvalue weighted by Crippen LogP contribution is -2.39. The van der Waals surface area contributed by atoms with Crippen LogP contribution in [-0.2, 0) is 4.79 Å². The summed E-state index contributed by atoms with van der Waals surface area (Å²) in [4.78, 5) is 13.7. The first-order valence-corrected chi connectivity index (χ1v) is 8.73. The second-order valence-corrected chi connectivity index (χ2v) is 7.10. The number of carboxylic acids is 1. The highest BCUT2D eigenvalue weighted by molar-refractivity contribution is 9.10. The van der Waals surface area contributed by atoms with Crippen molar-refractivity contribution in [3.63, 3.8) is 0 Å². The summed E-state index contributed by atoms with van der Waals surface area (Å²) in [6.45, 7) is 0.768. The highest BCUT2D eigenvalue weighted by Crippen LogP contribution is 2.36. The quantitative estimate of drug-likeness (QED) is 0.814. The van der Waals surface area contributed by atoms with E-state index in [2.05, 4.69) is 20.8 Å². The van der Waals surface area contributed by atoms with Crippen molar-refractivity contribution in [2.24, 2.45) is 0 Å². The van der Waals surface area contributed by atoms with Crippen molar-refractivity contribution >= 4 is 33.5 Å². The zero-order valence-corrected chi connectivity index (χ0v) is 14.8. The molecule has 0 spiro atoms. The second-order valence-electron chi connectivity index (χ2n) is 5.74. The minimum atomic E-state index is -0.758. The number of carboxylic acid groups (broad SMARTS) is 1. The van der Waals surface area contributed by atoms with Gasteiger partial charge in [-0.1, -0.05) is 51.8 Å². The van der Waals surface area contributed by atoms with Crippen LogP contribution in [0.15, 0.2) is 53.0 Å². The molecule has 2 aromatic rings. The molecule has 5 heteroatoms. The van der Waals surface area contributed by atoms with Crippen LogP contribution in [0.2, 0.25) is 5.02 Å². The average Bonchev–Trinajstić information content (AvgIpc) is 2.99. The van der Waals surface area contributed by atoms with Crippen LogP contribution < -0.4 is 0 Å². The number of rotatable bonds is 4. The zero-order chi connectivity index (χ0) is 16.4. The molecule has 2 unspecified atom stereocenters. The van der Waals surface area contributed by atoms with Gasteiger partial charge in [-0.2, -0.15) is 0 Å². The third-order valence-corrected chi connectivity index (χ3v) is 5.02. The molecule has 2 atom stereocenters. The Kier molecular flexibility index (Phi) is 5.05. The van der Waals surface area contributed by atoms with Gasteiger partial charge in [-0.05, 0) is 48.2 Å². The Morgan fingerprint density at radius 3 is 2.61 bits per heavy atom. The first-order valence-electron chi connectivity index (χ1n) is 7.56. The highest BCUT2D eigenvalue weighted by atomic mass is 79.9. The van der Waals surface area contributed by atoms with E-state index in [9.17, 15) is 9.90 Å². The van der Waals surface area contributed by atoms with Crippen LogP contribution in [0.3, 0.4) is 0 Å². The molecule has 1 aliphatic heterocycles. The Labute approximate surface area is 149 Å². The normalized spacial score (nSPS) is 19.7. The van der Waals surface area contributed by atoms with Crippen molar-refractivity contribution in [1.29, 1.82) is 0 Å². The number of aliphatic carboxylic acids is 1. The molecule has 0 saturated carbocycles. The lowest BCUT2D eigenvalue weighted by Gasteiger charge is -2.32. The van der Waals surface area contributed by atoms with Crippen molar-refractivity contribution in [1.82, 2.24) is 4.90 Å². The third kappa shape index (κ3) is 3.60. The standard InChI is InChI=1S/C18H17BrClNO2/c19-14-8-6-12(7-9-14)17(13-3-1-4-15(20)11-13)21-10-2-5-16(21)18(22)23/h1,3-4,6-9,11,16-17H,2,5,10H2,(H,22,23). The van der Waals surface area contributed by atoms with E-state index in [1.165, 1.54) is 0 Å². The van der Waals surface area contributed by atoms with E-state index < -0.39 is 12.0 Å². The molecule has 1 N–H and O–H groups in total. The summed E-state index contributed by atoms with van der Waals surface area (Å²) in [7, 11) is 0. The lowest BCUT2D eigenvalue weighted by atomic mass is 9.96. The summed E-state index contributed by atoms with van der Waals surface area (Å²) in [6.07, 6.45) is 1.58. The van der Waals surface area contributed by atoms with Gasteiger partial charge in [0, 0.05) is 16.0 Å². The SMILES string of the molecule is O=C(O)C1CCCN1C(c1ccc(Br)cc1)c1cccc(Cl)c1. The third-order valence-electron chi connectivity index (χ3n) is 4.26. The molecule has 0 bridgehead atoms. The summed E-state index contributed by atoms with van der Waals surface area (Å²) in [5, 5.41) is 10.2. The van der Waals surface area contributed by atoms with Crippen molar-refractivity contribution in [2.45, 2.75) is 24.9 Å². The molecule has 3 nitrogen and oxygen atoms in total. The van der Waals surface area contributed by atoms with Crippen LogP contribution in [0.5, 0.6) is 0 Å². The van der Waals surface area contributed by atoms with Crippen LogP contribution >= 0.6 is 27.5 Å². The number of hydrogen-bond donors (Lipinski definition) is 1. The molecule has 0 aliphatic carbocycles. The monoisotopic (exact) mass is 393 g/mol. The van der Waals surface area contributed by atoms with Gasteiger partial charge in [0.25, 0.3) is 0 Å². The number of likely N-dealkylation sites (tertiary alicyclic amines) is 1. The first-order chi connectivity index (χ1) is 11.1. The maximum Gasteiger partial charge on any atom is 0.320 e. The van der Waals surface area contributed by atoms with Crippen LogP contribution in [0.4, 0.5) is 0 Å². The van der Waals surface area contributed by atoms with Gasteiger partial charge < -0.3 is 5.11 Å². The summed E-state index contributed by atoms with van der Waals surface area (Å²) in [5.41, 5.74) is 2.09.